The molecule has 7 nitrogen and oxygen atoms in total. The highest BCUT2D eigenvalue weighted by molar-refractivity contribution is 5.90. The van der Waals surface area contributed by atoms with E-state index in [-0.39, 0.29) is 29.4 Å². The topological polar surface area (TPSA) is 94.4 Å². The van der Waals surface area contributed by atoms with Crippen LogP contribution in [-0.4, -0.2) is 23.0 Å². The Morgan fingerprint density at radius 1 is 1.41 bits per heavy atom. The molecule has 0 fully saturated rings. The molecule has 0 saturated heterocycles. The Hall–Kier alpha value is -3.03. The van der Waals surface area contributed by atoms with Crippen molar-refractivity contribution in [2.45, 2.75) is 6.54 Å². The molecule has 0 aliphatic carbocycles. The minimum atomic E-state index is -0.708. The average molecular weight is 305 g/mol. The summed E-state index contributed by atoms with van der Waals surface area (Å²) in [5.74, 6) is -1.06. The van der Waals surface area contributed by atoms with Crippen LogP contribution in [0.25, 0.3) is 0 Å². The molecule has 0 spiro atoms. The van der Waals surface area contributed by atoms with Crippen LogP contribution in [0, 0.1) is 15.9 Å². The van der Waals surface area contributed by atoms with Gasteiger partial charge in [0.1, 0.15) is 5.82 Å². The number of esters is 1. The first-order valence-electron chi connectivity index (χ1n) is 6.22. The van der Waals surface area contributed by atoms with E-state index in [1.807, 2.05) is 0 Å². The number of halogens is 1. The molecule has 1 aromatic carbocycles. The number of nitrogens with one attached hydrogen (secondary N) is 1. The van der Waals surface area contributed by atoms with E-state index >= 15 is 0 Å². The Morgan fingerprint density at radius 2 is 2.09 bits per heavy atom. The maximum Gasteiger partial charge on any atom is 0.339 e. The first-order chi connectivity index (χ1) is 10.5. The van der Waals surface area contributed by atoms with Gasteiger partial charge in [0.2, 0.25) is 5.82 Å². The van der Waals surface area contributed by atoms with Crippen LogP contribution >= 0.6 is 0 Å². The zero-order valence-corrected chi connectivity index (χ0v) is 11.6. The number of nitro groups is 1. The standard InChI is InChI=1S/C14H12FN3O4/c1-22-14(19)10-6-12(18(20)21)13(17-8-10)16-7-9-2-4-11(15)5-3-9/h2-6,8H,7H2,1H3,(H,16,17). The number of rotatable bonds is 5. The highest BCUT2D eigenvalue weighted by atomic mass is 19.1. The van der Waals surface area contributed by atoms with Crippen molar-refractivity contribution in [1.29, 1.82) is 0 Å². The second-order valence-electron chi connectivity index (χ2n) is 4.32. The van der Waals surface area contributed by atoms with Crippen LogP contribution in [-0.2, 0) is 11.3 Å². The smallest absolute Gasteiger partial charge is 0.339 e. The van der Waals surface area contributed by atoms with E-state index in [9.17, 15) is 19.3 Å². The number of pyridine rings is 1. The molecule has 114 valence electrons. The first-order valence-corrected chi connectivity index (χ1v) is 6.22. The van der Waals surface area contributed by atoms with Crippen molar-refractivity contribution in [1.82, 2.24) is 4.98 Å². The van der Waals surface area contributed by atoms with Crippen molar-refractivity contribution in [3.63, 3.8) is 0 Å². The van der Waals surface area contributed by atoms with Gasteiger partial charge in [-0.1, -0.05) is 12.1 Å². The van der Waals surface area contributed by atoms with Gasteiger partial charge in [-0.2, -0.15) is 0 Å². The molecule has 0 aliphatic rings. The minimum Gasteiger partial charge on any atom is -0.465 e. The summed E-state index contributed by atoms with van der Waals surface area (Å²) in [5, 5.41) is 13.9. The second kappa shape index (κ2) is 6.61. The molecule has 8 heteroatoms. The number of ether oxygens (including phenoxy) is 1. The van der Waals surface area contributed by atoms with Crippen molar-refractivity contribution in [2.24, 2.45) is 0 Å². The fraction of sp³-hybridized carbons (Fsp3) is 0.143. The predicted octanol–water partition coefficient (Wildman–Crippen LogP) is 2.53. The molecule has 2 rings (SSSR count). The lowest BCUT2D eigenvalue weighted by atomic mass is 10.2. The monoisotopic (exact) mass is 305 g/mol. The van der Waals surface area contributed by atoms with Crippen molar-refractivity contribution in [2.75, 3.05) is 12.4 Å². The SMILES string of the molecule is COC(=O)c1cnc(NCc2ccc(F)cc2)c([N+](=O)[O-])c1. The minimum absolute atomic E-state index is 0.0125. The molecule has 0 radical (unpaired) electrons. The van der Waals surface area contributed by atoms with Gasteiger partial charge < -0.3 is 10.1 Å². The summed E-state index contributed by atoms with van der Waals surface area (Å²) in [7, 11) is 1.18. The third kappa shape index (κ3) is 3.54. The van der Waals surface area contributed by atoms with Crippen LogP contribution < -0.4 is 5.32 Å². The Morgan fingerprint density at radius 3 is 2.68 bits per heavy atom. The number of carbonyl (C=O) groups is 1. The van der Waals surface area contributed by atoms with E-state index in [0.717, 1.165) is 11.6 Å². The molecule has 1 aromatic heterocycles. The largest absolute Gasteiger partial charge is 0.465 e. The van der Waals surface area contributed by atoms with E-state index < -0.39 is 10.9 Å². The molecule has 0 bridgehead atoms. The van der Waals surface area contributed by atoms with Crippen LogP contribution in [0.1, 0.15) is 15.9 Å². The molecule has 1 N–H and O–H groups in total. The summed E-state index contributed by atoms with van der Waals surface area (Å²) in [5.41, 5.74) is 0.376. The summed E-state index contributed by atoms with van der Waals surface area (Å²) >= 11 is 0. The first kappa shape index (κ1) is 15.4. The molecule has 0 saturated carbocycles. The van der Waals surface area contributed by atoms with Crippen LogP contribution in [0.3, 0.4) is 0 Å². The lowest BCUT2D eigenvalue weighted by Crippen LogP contribution is -2.08. The third-order valence-electron chi connectivity index (χ3n) is 2.86. The normalized spacial score (nSPS) is 10.1. The Balaban J connectivity index is 2.21. The predicted molar refractivity (Wildman–Crippen MR) is 76.0 cm³/mol. The summed E-state index contributed by atoms with van der Waals surface area (Å²) in [4.78, 5) is 25.7. The van der Waals surface area contributed by atoms with Crippen LogP contribution in [0.2, 0.25) is 0 Å². The maximum atomic E-state index is 12.8. The third-order valence-corrected chi connectivity index (χ3v) is 2.86. The summed E-state index contributed by atoms with van der Waals surface area (Å²) in [6.07, 6.45) is 1.19. The fourth-order valence-corrected chi connectivity index (χ4v) is 1.75. The quantitative estimate of drug-likeness (QED) is 0.518. The van der Waals surface area contributed by atoms with Gasteiger partial charge in [0.25, 0.3) is 0 Å². The molecule has 1 heterocycles. The molecule has 0 aliphatic heterocycles. The number of hydrogen-bond acceptors (Lipinski definition) is 6. The number of nitrogens with zero attached hydrogens (tertiary/aromatic N) is 2. The van der Waals surface area contributed by atoms with Crippen molar-refractivity contribution >= 4 is 17.5 Å². The summed E-state index contributed by atoms with van der Waals surface area (Å²) in [6, 6.07) is 6.78. The average Bonchev–Trinajstić information content (AvgIpc) is 2.53. The van der Waals surface area contributed by atoms with E-state index in [1.165, 1.54) is 25.4 Å². The van der Waals surface area contributed by atoms with Crippen LogP contribution in [0.4, 0.5) is 15.9 Å². The number of methoxy groups -OCH3 is 1. The van der Waals surface area contributed by atoms with E-state index in [4.69, 9.17) is 0 Å². The van der Waals surface area contributed by atoms with Crippen LogP contribution in [0.5, 0.6) is 0 Å². The van der Waals surface area contributed by atoms with Gasteiger partial charge in [0, 0.05) is 18.8 Å². The van der Waals surface area contributed by atoms with Gasteiger partial charge in [0.15, 0.2) is 0 Å². The Bertz CT molecular complexity index is 704. The summed E-state index contributed by atoms with van der Waals surface area (Å²) in [6.45, 7) is 0.228. The molecule has 2 aromatic rings. The van der Waals surface area contributed by atoms with Gasteiger partial charge >= 0.3 is 11.7 Å². The van der Waals surface area contributed by atoms with Gasteiger partial charge in [-0.15, -0.1) is 0 Å². The second-order valence-corrected chi connectivity index (χ2v) is 4.32. The molecular formula is C14H12FN3O4. The van der Waals surface area contributed by atoms with E-state index in [0.29, 0.717) is 0 Å². The molecule has 0 amide bonds. The molecule has 0 atom stereocenters. The molecule has 22 heavy (non-hydrogen) atoms. The van der Waals surface area contributed by atoms with Gasteiger partial charge in [-0.05, 0) is 17.7 Å². The number of carbonyl (C=O) groups excluding carboxylic acids is 1. The maximum absolute atomic E-state index is 12.8. The fourth-order valence-electron chi connectivity index (χ4n) is 1.75. The van der Waals surface area contributed by atoms with Gasteiger partial charge in [-0.3, -0.25) is 10.1 Å². The highest BCUT2D eigenvalue weighted by Gasteiger charge is 2.19. The summed E-state index contributed by atoms with van der Waals surface area (Å²) < 4.78 is 17.3. The highest BCUT2D eigenvalue weighted by Crippen LogP contribution is 2.23. The lowest BCUT2D eigenvalue weighted by Gasteiger charge is -2.07. The van der Waals surface area contributed by atoms with E-state index in [1.54, 1.807) is 12.1 Å². The van der Waals surface area contributed by atoms with Gasteiger partial charge in [0.05, 0.1) is 17.6 Å². The Kier molecular flexibility index (Phi) is 4.62. The van der Waals surface area contributed by atoms with Crippen LogP contribution in [0.15, 0.2) is 36.5 Å². The number of benzene rings is 1. The number of hydrogen-bond donors (Lipinski definition) is 1. The molecular weight excluding hydrogens is 293 g/mol. The number of aromatic nitrogens is 1. The van der Waals surface area contributed by atoms with Crippen molar-refractivity contribution < 1.29 is 18.8 Å². The zero-order chi connectivity index (χ0) is 16.1. The Labute approximate surface area is 124 Å². The zero-order valence-electron chi connectivity index (χ0n) is 11.6. The van der Waals surface area contributed by atoms with E-state index in [2.05, 4.69) is 15.0 Å². The lowest BCUT2D eigenvalue weighted by molar-refractivity contribution is -0.384. The van der Waals surface area contributed by atoms with Crippen molar-refractivity contribution in [3.8, 4) is 0 Å². The van der Waals surface area contributed by atoms with Crippen molar-refractivity contribution in [3.05, 3.63) is 63.6 Å². The number of anilines is 1. The van der Waals surface area contributed by atoms with Gasteiger partial charge in [-0.25, -0.2) is 14.2 Å². The molecule has 0 unspecified atom stereocenters.